The lowest BCUT2D eigenvalue weighted by molar-refractivity contribution is -0.117. The highest BCUT2D eigenvalue weighted by Gasteiger charge is 1.87. The van der Waals surface area contributed by atoms with Gasteiger partial charge in [-0.15, -0.1) is 0 Å². The molecule has 0 spiro atoms. The van der Waals surface area contributed by atoms with Crippen LogP contribution in [-0.2, 0) is 4.79 Å². The monoisotopic (exact) mass is 131 g/mol. The lowest BCUT2D eigenvalue weighted by atomic mass is 10.6. The standard InChI is InChI=1S/C5H11NO.C2H6/c1-3-6(4-2)5-7;1-2/h5H,3-4H2,1-2H3;1-2H3. The van der Waals surface area contributed by atoms with E-state index in [2.05, 4.69) is 0 Å². The minimum Gasteiger partial charge on any atom is -0.346 e. The fourth-order valence-corrected chi connectivity index (χ4v) is 0.373. The second kappa shape index (κ2) is 10.5. The van der Waals surface area contributed by atoms with Crippen molar-refractivity contribution in [3.63, 3.8) is 0 Å². The van der Waals surface area contributed by atoms with E-state index in [4.69, 9.17) is 0 Å². The minimum absolute atomic E-state index is 0.819. The maximum atomic E-state index is 9.89. The summed E-state index contributed by atoms with van der Waals surface area (Å²) < 4.78 is 0. The Bertz CT molecular complexity index is 50.9. The molecule has 0 aliphatic rings. The summed E-state index contributed by atoms with van der Waals surface area (Å²) in [6.07, 6.45) is 0.861. The molecule has 0 N–H and O–H groups in total. The number of amides is 1. The van der Waals surface area contributed by atoms with Crippen LogP contribution in [0.5, 0.6) is 0 Å². The van der Waals surface area contributed by atoms with Crippen molar-refractivity contribution in [2.24, 2.45) is 0 Å². The molecule has 0 saturated carbocycles. The van der Waals surface area contributed by atoms with Crippen LogP contribution in [0, 0.1) is 0 Å². The first-order chi connectivity index (χ1) is 4.35. The SMILES string of the molecule is CC.CCN(C=O)CC. The topological polar surface area (TPSA) is 20.3 Å². The number of hydrogen-bond donors (Lipinski definition) is 0. The molecule has 0 rings (SSSR count). The van der Waals surface area contributed by atoms with Crippen molar-refractivity contribution in [2.45, 2.75) is 27.7 Å². The van der Waals surface area contributed by atoms with Crippen LogP contribution in [0.2, 0.25) is 0 Å². The van der Waals surface area contributed by atoms with Crippen LogP contribution in [-0.4, -0.2) is 24.4 Å². The van der Waals surface area contributed by atoms with Crippen LogP contribution in [0.15, 0.2) is 0 Å². The van der Waals surface area contributed by atoms with Gasteiger partial charge >= 0.3 is 0 Å². The van der Waals surface area contributed by atoms with Crippen LogP contribution in [0.3, 0.4) is 0 Å². The van der Waals surface area contributed by atoms with Crippen molar-refractivity contribution in [1.29, 1.82) is 0 Å². The molecule has 0 aliphatic heterocycles. The number of carbonyl (C=O) groups excluding carboxylic acids is 1. The Hall–Kier alpha value is -0.530. The summed E-state index contributed by atoms with van der Waals surface area (Å²) in [6.45, 7) is 9.55. The van der Waals surface area contributed by atoms with Crippen molar-refractivity contribution in [1.82, 2.24) is 4.90 Å². The van der Waals surface area contributed by atoms with E-state index >= 15 is 0 Å². The van der Waals surface area contributed by atoms with Crippen LogP contribution < -0.4 is 0 Å². The van der Waals surface area contributed by atoms with Gasteiger partial charge in [0, 0.05) is 13.1 Å². The fourth-order valence-electron chi connectivity index (χ4n) is 0.373. The van der Waals surface area contributed by atoms with E-state index in [1.807, 2.05) is 27.7 Å². The van der Waals surface area contributed by atoms with E-state index in [9.17, 15) is 4.79 Å². The average Bonchev–Trinajstić information content (AvgIpc) is 1.96. The molecule has 2 nitrogen and oxygen atoms in total. The predicted molar refractivity (Wildman–Crippen MR) is 40.3 cm³/mol. The van der Waals surface area contributed by atoms with Gasteiger partial charge in [0.25, 0.3) is 0 Å². The summed E-state index contributed by atoms with van der Waals surface area (Å²) in [5.74, 6) is 0. The summed E-state index contributed by atoms with van der Waals surface area (Å²) in [7, 11) is 0. The van der Waals surface area contributed by atoms with E-state index in [1.54, 1.807) is 4.90 Å². The molecular weight excluding hydrogens is 114 g/mol. The second-order valence-corrected chi connectivity index (χ2v) is 1.33. The first-order valence-corrected chi connectivity index (χ1v) is 3.54. The maximum absolute atomic E-state index is 9.89. The molecule has 0 saturated heterocycles. The Balaban J connectivity index is 0. The van der Waals surface area contributed by atoms with Gasteiger partial charge in [-0.3, -0.25) is 4.79 Å². The smallest absolute Gasteiger partial charge is 0.209 e. The van der Waals surface area contributed by atoms with Crippen LogP contribution in [0.25, 0.3) is 0 Å². The van der Waals surface area contributed by atoms with Crippen molar-refractivity contribution in [2.75, 3.05) is 13.1 Å². The van der Waals surface area contributed by atoms with Gasteiger partial charge in [-0.1, -0.05) is 13.8 Å². The summed E-state index contributed by atoms with van der Waals surface area (Å²) in [6, 6.07) is 0. The summed E-state index contributed by atoms with van der Waals surface area (Å²) >= 11 is 0. The summed E-state index contributed by atoms with van der Waals surface area (Å²) in [4.78, 5) is 11.6. The third-order valence-corrected chi connectivity index (χ3v) is 0.961. The first kappa shape index (κ1) is 11.3. The molecular formula is C7H17NO. The highest BCUT2D eigenvalue weighted by Crippen LogP contribution is 1.75. The van der Waals surface area contributed by atoms with Crippen molar-refractivity contribution < 1.29 is 4.79 Å². The van der Waals surface area contributed by atoms with Crippen LogP contribution in [0.4, 0.5) is 0 Å². The highest BCUT2D eigenvalue weighted by atomic mass is 16.1. The molecule has 1 amide bonds. The van der Waals surface area contributed by atoms with Gasteiger partial charge in [0.15, 0.2) is 0 Å². The van der Waals surface area contributed by atoms with Crippen molar-refractivity contribution in [3.8, 4) is 0 Å². The van der Waals surface area contributed by atoms with Crippen molar-refractivity contribution >= 4 is 6.41 Å². The van der Waals surface area contributed by atoms with Gasteiger partial charge < -0.3 is 4.90 Å². The summed E-state index contributed by atoms with van der Waals surface area (Å²) in [5, 5.41) is 0. The number of carbonyl (C=O) groups is 1. The van der Waals surface area contributed by atoms with Crippen LogP contribution in [0.1, 0.15) is 27.7 Å². The summed E-state index contributed by atoms with van der Waals surface area (Å²) in [5.41, 5.74) is 0. The highest BCUT2D eigenvalue weighted by molar-refractivity contribution is 5.46. The molecule has 0 heterocycles. The lowest BCUT2D eigenvalue weighted by Gasteiger charge is -2.08. The third kappa shape index (κ3) is 7.47. The van der Waals surface area contributed by atoms with Gasteiger partial charge in [0.1, 0.15) is 0 Å². The normalized spacial score (nSPS) is 7.11. The average molecular weight is 131 g/mol. The molecule has 0 aromatic heterocycles. The molecule has 2 heteroatoms. The molecule has 0 atom stereocenters. The number of nitrogens with zero attached hydrogens (tertiary/aromatic N) is 1. The Morgan fingerprint density at radius 2 is 1.56 bits per heavy atom. The predicted octanol–water partition coefficient (Wildman–Crippen LogP) is 1.51. The largest absolute Gasteiger partial charge is 0.346 e. The second-order valence-electron chi connectivity index (χ2n) is 1.33. The zero-order valence-electron chi connectivity index (χ0n) is 6.85. The molecule has 0 aromatic rings. The Morgan fingerprint density at radius 3 is 1.56 bits per heavy atom. The van der Waals surface area contributed by atoms with E-state index in [0.29, 0.717) is 0 Å². The zero-order valence-corrected chi connectivity index (χ0v) is 6.85. The lowest BCUT2D eigenvalue weighted by Crippen LogP contribution is -2.19. The molecule has 0 aliphatic carbocycles. The van der Waals surface area contributed by atoms with E-state index in [-0.39, 0.29) is 0 Å². The molecule has 0 fully saturated rings. The van der Waals surface area contributed by atoms with E-state index < -0.39 is 0 Å². The minimum atomic E-state index is 0.819. The van der Waals surface area contributed by atoms with Crippen molar-refractivity contribution in [3.05, 3.63) is 0 Å². The van der Waals surface area contributed by atoms with Gasteiger partial charge in [-0.25, -0.2) is 0 Å². The van der Waals surface area contributed by atoms with Gasteiger partial charge in [0.2, 0.25) is 6.41 Å². The molecule has 9 heavy (non-hydrogen) atoms. The fraction of sp³-hybridized carbons (Fsp3) is 0.857. The van der Waals surface area contributed by atoms with Gasteiger partial charge in [-0.2, -0.15) is 0 Å². The third-order valence-electron chi connectivity index (χ3n) is 0.961. The molecule has 0 aromatic carbocycles. The molecule has 0 bridgehead atoms. The Kier molecular flexibility index (Phi) is 13.1. The molecule has 0 radical (unpaired) electrons. The number of rotatable bonds is 3. The molecule has 0 unspecified atom stereocenters. The van der Waals surface area contributed by atoms with E-state index in [0.717, 1.165) is 19.5 Å². The van der Waals surface area contributed by atoms with Gasteiger partial charge in [-0.05, 0) is 13.8 Å². The Morgan fingerprint density at radius 1 is 1.22 bits per heavy atom. The van der Waals surface area contributed by atoms with E-state index in [1.165, 1.54) is 0 Å². The number of hydrogen-bond acceptors (Lipinski definition) is 1. The quantitative estimate of drug-likeness (QED) is 0.532. The maximum Gasteiger partial charge on any atom is 0.209 e. The Labute approximate surface area is 57.9 Å². The van der Waals surface area contributed by atoms with Gasteiger partial charge in [0.05, 0.1) is 0 Å². The first-order valence-electron chi connectivity index (χ1n) is 3.54. The molecule has 56 valence electrons. The zero-order chi connectivity index (χ0) is 7.70. The van der Waals surface area contributed by atoms with Crippen LogP contribution >= 0.6 is 0 Å².